The van der Waals surface area contributed by atoms with Crippen LogP contribution in [-0.2, 0) is 11.2 Å². The molecule has 27 heavy (non-hydrogen) atoms. The summed E-state index contributed by atoms with van der Waals surface area (Å²) in [7, 11) is 1.63. The number of thiazole rings is 1. The van der Waals surface area contributed by atoms with Crippen molar-refractivity contribution in [3.05, 3.63) is 39.5 Å². The molecule has 1 fully saturated rings. The highest BCUT2D eigenvalue weighted by Crippen LogP contribution is 2.37. The summed E-state index contributed by atoms with van der Waals surface area (Å²) in [4.78, 5) is 20.7. The average molecular weight is 404 g/mol. The van der Waals surface area contributed by atoms with Gasteiger partial charge in [-0.3, -0.25) is 4.79 Å². The lowest BCUT2D eigenvalue weighted by Crippen LogP contribution is -2.36. The third kappa shape index (κ3) is 3.92. The SMILES string of the molecule is COc1ccc(N2CCOCC2)c2sc(C(=O)NCCc3cccs3)nc12. The second-order valence-corrected chi connectivity index (χ2v) is 8.20. The van der Waals surface area contributed by atoms with Crippen LogP contribution in [0, 0.1) is 0 Å². The largest absolute Gasteiger partial charge is 0.494 e. The molecule has 0 atom stereocenters. The predicted octanol–water partition coefficient (Wildman–Crippen LogP) is 3.18. The van der Waals surface area contributed by atoms with Crippen LogP contribution >= 0.6 is 22.7 Å². The fourth-order valence-corrected chi connectivity index (χ4v) is 4.86. The van der Waals surface area contributed by atoms with Crippen molar-refractivity contribution >= 4 is 44.5 Å². The molecule has 0 saturated carbocycles. The van der Waals surface area contributed by atoms with Gasteiger partial charge in [-0.2, -0.15) is 0 Å². The molecule has 1 amide bonds. The monoisotopic (exact) mass is 403 g/mol. The number of ether oxygens (including phenoxy) is 2. The number of methoxy groups -OCH3 is 1. The number of carbonyl (C=O) groups excluding carboxylic acids is 1. The standard InChI is InChI=1S/C19H21N3O3S2/c1-24-15-5-4-14(22-8-10-25-11-9-22)17-16(15)21-19(27-17)18(23)20-7-6-13-3-2-12-26-13/h2-5,12H,6-11H2,1H3,(H,20,23). The number of anilines is 1. The van der Waals surface area contributed by atoms with Crippen molar-refractivity contribution in [2.45, 2.75) is 6.42 Å². The summed E-state index contributed by atoms with van der Waals surface area (Å²) in [6.07, 6.45) is 0.830. The van der Waals surface area contributed by atoms with Gasteiger partial charge in [0.05, 0.1) is 30.7 Å². The Balaban J connectivity index is 1.56. The maximum absolute atomic E-state index is 12.6. The van der Waals surface area contributed by atoms with Gasteiger partial charge < -0.3 is 19.7 Å². The lowest BCUT2D eigenvalue weighted by atomic mass is 10.2. The molecule has 1 saturated heterocycles. The maximum atomic E-state index is 12.6. The van der Waals surface area contributed by atoms with E-state index in [0.29, 0.717) is 30.5 Å². The predicted molar refractivity (Wildman–Crippen MR) is 110 cm³/mol. The summed E-state index contributed by atoms with van der Waals surface area (Å²) in [6, 6.07) is 8.07. The van der Waals surface area contributed by atoms with Crippen LogP contribution in [0.1, 0.15) is 14.7 Å². The molecule has 0 radical (unpaired) electrons. The molecule has 1 N–H and O–H groups in total. The Kier molecular flexibility index (Phi) is 5.56. The number of nitrogens with zero attached hydrogens (tertiary/aromatic N) is 2. The van der Waals surface area contributed by atoms with Crippen molar-refractivity contribution in [2.75, 3.05) is 44.9 Å². The first-order chi connectivity index (χ1) is 13.3. The zero-order valence-corrected chi connectivity index (χ0v) is 16.7. The van der Waals surface area contributed by atoms with Gasteiger partial charge in [0.2, 0.25) is 0 Å². The Morgan fingerprint density at radius 2 is 2.19 bits per heavy atom. The molecule has 1 aromatic carbocycles. The van der Waals surface area contributed by atoms with Crippen molar-refractivity contribution in [1.29, 1.82) is 0 Å². The molecule has 0 bridgehead atoms. The summed E-state index contributed by atoms with van der Waals surface area (Å²) < 4.78 is 11.9. The molecule has 8 heteroatoms. The van der Waals surface area contributed by atoms with Crippen molar-refractivity contribution in [2.24, 2.45) is 0 Å². The van der Waals surface area contributed by atoms with E-state index in [4.69, 9.17) is 9.47 Å². The molecule has 1 aliphatic heterocycles. The van der Waals surface area contributed by atoms with Gasteiger partial charge in [-0.15, -0.1) is 22.7 Å². The number of thiophene rings is 1. The summed E-state index contributed by atoms with van der Waals surface area (Å²) in [5.41, 5.74) is 1.83. The van der Waals surface area contributed by atoms with Gasteiger partial charge in [0.25, 0.3) is 5.91 Å². The van der Waals surface area contributed by atoms with Crippen LogP contribution < -0.4 is 15.0 Å². The van der Waals surface area contributed by atoms with Crippen LogP contribution in [0.3, 0.4) is 0 Å². The van der Waals surface area contributed by atoms with Gasteiger partial charge >= 0.3 is 0 Å². The molecule has 1 aliphatic rings. The molecule has 142 valence electrons. The Morgan fingerprint density at radius 1 is 1.33 bits per heavy atom. The third-order valence-electron chi connectivity index (χ3n) is 4.49. The second-order valence-electron chi connectivity index (χ2n) is 6.17. The first-order valence-corrected chi connectivity index (χ1v) is 10.6. The molecular formula is C19H21N3O3S2. The first kappa shape index (κ1) is 18.2. The van der Waals surface area contributed by atoms with Crippen LogP contribution in [-0.4, -0.2) is 50.8 Å². The first-order valence-electron chi connectivity index (χ1n) is 8.87. The van der Waals surface area contributed by atoms with E-state index < -0.39 is 0 Å². The maximum Gasteiger partial charge on any atom is 0.280 e. The van der Waals surface area contributed by atoms with Crippen LogP contribution in [0.15, 0.2) is 29.6 Å². The fraction of sp³-hybridized carbons (Fsp3) is 0.368. The minimum absolute atomic E-state index is 0.136. The van der Waals surface area contributed by atoms with Crippen molar-refractivity contribution in [1.82, 2.24) is 10.3 Å². The molecule has 3 heterocycles. The van der Waals surface area contributed by atoms with E-state index in [1.807, 2.05) is 23.6 Å². The van der Waals surface area contributed by atoms with Crippen molar-refractivity contribution in [3.63, 3.8) is 0 Å². The van der Waals surface area contributed by atoms with Gasteiger partial charge in [0.15, 0.2) is 5.01 Å². The number of carbonyl (C=O) groups is 1. The number of fused-ring (bicyclic) bond motifs is 1. The molecule has 2 aromatic heterocycles. The summed E-state index contributed by atoms with van der Waals surface area (Å²) in [5, 5.41) is 5.49. The summed E-state index contributed by atoms with van der Waals surface area (Å²) in [6.45, 7) is 3.69. The van der Waals surface area contributed by atoms with E-state index in [1.165, 1.54) is 16.2 Å². The van der Waals surface area contributed by atoms with E-state index in [1.54, 1.807) is 18.4 Å². The average Bonchev–Trinajstić information content (AvgIpc) is 3.37. The number of benzene rings is 1. The van der Waals surface area contributed by atoms with Gasteiger partial charge in [-0.05, 0) is 30.0 Å². The van der Waals surface area contributed by atoms with Gasteiger partial charge in [-0.25, -0.2) is 4.98 Å². The molecule has 4 rings (SSSR count). The summed E-state index contributed by atoms with van der Waals surface area (Å²) >= 11 is 3.12. The molecule has 0 unspecified atom stereocenters. The fourth-order valence-electron chi connectivity index (χ4n) is 3.11. The van der Waals surface area contributed by atoms with E-state index >= 15 is 0 Å². The van der Waals surface area contributed by atoms with E-state index in [2.05, 4.69) is 21.3 Å². The number of nitrogens with one attached hydrogen (secondary N) is 1. The van der Waals surface area contributed by atoms with Crippen molar-refractivity contribution < 1.29 is 14.3 Å². The zero-order valence-electron chi connectivity index (χ0n) is 15.1. The third-order valence-corrected chi connectivity index (χ3v) is 6.50. The Hall–Kier alpha value is -2.16. The minimum Gasteiger partial charge on any atom is -0.494 e. The Morgan fingerprint density at radius 3 is 2.93 bits per heavy atom. The van der Waals surface area contributed by atoms with Crippen molar-refractivity contribution in [3.8, 4) is 5.75 Å². The second kappa shape index (κ2) is 8.24. The number of rotatable bonds is 6. The van der Waals surface area contributed by atoms with Crippen LogP contribution in [0.25, 0.3) is 10.2 Å². The van der Waals surface area contributed by atoms with E-state index in [9.17, 15) is 4.79 Å². The quantitative estimate of drug-likeness (QED) is 0.685. The zero-order chi connectivity index (χ0) is 18.6. The van der Waals surface area contributed by atoms with E-state index in [-0.39, 0.29) is 5.91 Å². The molecular weight excluding hydrogens is 382 g/mol. The number of amides is 1. The number of morpholine rings is 1. The molecule has 3 aromatic rings. The highest BCUT2D eigenvalue weighted by molar-refractivity contribution is 7.21. The number of aromatic nitrogens is 1. The van der Waals surface area contributed by atoms with Crippen LogP contribution in [0.4, 0.5) is 5.69 Å². The Bertz CT molecular complexity index is 918. The van der Waals surface area contributed by atoms with Crippen LogP contribution in [0.2, 0.25) is 0 Å². The lowest BCUT2D eigenvalue weighted by molar-refractivity contribution is 0.0954. The molecule has 0 spiro atoms. The highest BCUT2D eigenvalue weighted by Gasteiger charge is 2.21. The van der Waals surface area contributed by atoms with Crippen LogP contribution in [0.5, 0.6) is 5.75 Å². The highest BCUT2D eigenvalue weighted by atomic mass is 32.1. The van der Waals surface area contributed by atoms with Gasteiger partial charge in [0, 0.05) is 24.5 Å². The normalized spacial score (nSPS) is 14.5. The minimum atomic E-state index is -0.136. The van der Waals surface area contributed by atoms with Gasteiger partial charge in [-0.1, -0.05) is 6.07 Å². The van der Waals surface area contributed by atoms with Gasteiger partial charge in [0.1, 0.15) is 11.3 Å². The summed E-state index contributed by atoms with van der Waals surface area (Å²) in [5.74, 6) is 0.554. The smallest absolute Gasteiger partial charge is 0.280 e. The Labute approximate surface area is 165 Å². The lowest BCUT2D eigenvalue weighted by Gasteiger charge is -2.29. The molecule has 6 nitrogen and oxygen atoms in total. The molecule has 0 aliphatic carbocycles. The number of hydrogen-bond donors (Lipinski definition) is 1. The topological polar surface area (TPSA) is 63.7 Å². The van der Waals surface area contributed by atoms with E-state index in [0.717, 1.165) is 35.4 Å². The number of hydrogen-bond acceptors (Lipinski definition) is 7.